The summed E-state index contributed by atoms with van der Waals surface area (Å²) in [5.74, 6) is -0.231. The third-order valence-corrected chi connectivity index (χ3v) is 6.50. The first kappa shape index (κ1) is 19.8. The van der Waals surface area contributed by atoms with Crippen LogP contribution in [0.5, 0.6) is 0 Å². The molecule has 1 unspecified atom stereocenters. The normalized spacial score (nSPS) is 17.7. The molecule has 2 aromatic carbocycles. The SMILES string of the molecule is CS(=O)(=O)N1CCC(C(=O)NCCC(O)c2cccc3ccccc23)CC1. The van der Waals surface area contributed by atoms with E-state index in [2.05, 4.69) is 5.32 Å². The summed E-state index contributed by atoms with van der Waals surface area (Å²) >= 11 is 0. The molecule has 7 heteroatoms. The zero-order chi connectivity index (χ0) is 19.4. The molecule has 146 valence electrons. The van der Waals surface area contributed by atoms with Crippen LogP contribution in [0.1, 0.15) is 30.9 Å². The van der Waals surface area contributed by atoms with E-state index in [9.17, 15) is 18.3 Å². The second-order valence-electron chi connectivity index (χ2n) is 7.10. The van der Waals surface area contributed by atoms with Crippen molar-refractivity contribution in [3.8, 4) is 0 Å². The number of carbonyl (C=O) groups is 1. The van der Waals surface area contributed by atoms with Crippen LogP contribution in [0, 0.1) is 5.92 Å². The number of nitrogens with zero attached hydrogens (tertiary/aromatic N) is 1. The van der Waals surface area contributed by atoms with Gasteiger partial charge in [-0.25, -0.2) is 12.7 Å². The molecule has 6 nitrogen and oxygen atoms in total. The summed E-state index contributed by atoms with van der Waals surface area (Å²) in [6.45, 7) is 1.15. The van der Waals surface area contributed by atoms with Crippen molar-refractivity contribution in [1.29, 1.82) is 0 Å². The van der Waals surface area contributed by atoms with Gasteiger partial charge in [-0.2, -0.15) is 0 Å². The molecule has 1 aliphatic rings. The number of aliphatic hydroxyl groups is 1. The van der Waals surface area contributed by atoms with E-state index in [4.69, 9.17) is 0 Å². The predicted octanol–water partition coefficient (Wildman–Crippen LogP) is 2.05. The molecule has 27 heavy (non-hydrogen) atoms. The summed E-state index contributed by atoms with van der Waals surface area (Å²) in [7, 11) is -3.18. The van der Waals surface area contributed by atoms with Crippen molar-refractivity contribution in [3.63, 3.8) is 0 Å². The Kier molecular flexibility index (Phi) is 6.14. The lowest BCUT2D eigenvalue weighted by atomic mass is 9.96. The van der Waals surface area contributed by atoms with E-state index in [1.807, 2.05) is 42.5 Å². The van der Waals surface area contributed by atoms with Gasteiger partial charge in [0.1, 0.15) is 0 Å². The molecule has 1 atom stereocenters. The first-order chi connectivity index (χ1) is 12.9. The van der Waals surface area contributed by atoms with Crippen molar-refractivity contribution >= 4 is 26.7 Å². The Bertz CT molecular complexity index is 900. The van der Waals surface area contributed by atoms with Crippen molar-refractivity contribution in [1.82, 2.24) is 9.62 Å². The summed E-state index contributed by atoms with van der Waals surface area (Å²) in [6.07, 6.45) is 2.04. The number of sulfonamides is 1. The highest BCUT2D eigenvalue weighted by atomic mass is 32.2. The standard InChI is InChI=1S/C20H26N2O4S/c1-27(25,26)22-13-10-16(11-14-22)20(24)21-12-9-19(23)18-8-4-6-15-5-2-3-7-17(15)18/h2-8,16,19,23H,9-14H2,1H3,(H,21,24). The van der Waals surface area contributed by atoms with E-state index in [-0.39, 0.29) is 11.8 Å². The number of fused-ring (bicyclic) bond motifs is 1. The molecule has 0 saturated carbocycles. The molecule has 2 N–H and O–H groups in total. The maximum absolute atomic E-state index is 12.3. The lowest BCUT2D eigenvalue weighted by Crippen LogP contribution is -2.42. The maximum atomic E-state index is 12.3. The number of aliphatic hydroxyl groups excluding tert-OH is 1. The summed E-state index contributed by atoms with van der Waals surface area (Å²) in [5.41, 5.74) is 0.865. The van der Waals surface area contributed by atoms with E-state index in [0.29, 0.717) is 38.9 Å². The van der Waals surface area contributed by atoms with E-state index >= 15 is 0 Å². The number of rotatable bonds is 6. The smallest absolute Gasteiger partial charge is 0.223 e. The van der Waals surface area contributed by atoms with Gasteiger partial charge < -0.3 is 10.4 Å². The van der Waals surface area contributed by atoms with Gasteiger partial charge in [-0.3, -0.25) is 4.79 Å². The largest absolute Gasteiger partial charge is 0.388 e. The molecule has 0 aliphatic carbocycles. The van der Waals surface area contributed by atoms with Crippen LogP contribution in [0.4, 0.5) is 0 Å². The predicted molar refractivity (Wildman–Crippen MR) is 106 cm³/mol. The molecule has 0 bridgehead atoms. The van der Waals surface area contributed by atoms with Crippen LogP contribution in [0.15, 0.2) is 42.5 Å². The van der Waals surface area contributed by atoms with Crippen LogP contribution in [-0.2, 0) is 14.8 Å². The molecule has 0 spiro atoms. The van der Waals surface area contributed by atoms with Gasteiger partial charge in [0.2, 0.25) is 15.9 Å². The quantitative estimate of drug-likeness (QED) is 0.790. The number of benzene rings is 2. The summed E-state index contributed by atoms with van der Waals surface area (Å²) in [4.78, 5) is 12.3. The number of carbonyl (C=O) groups excluding carboxylic acids is 1. The third-order valence-electron chi connectivity index (χ3n) is 5.19. The average molecular weight is 391 g/mol. The number of amides is 1. The highest BCUT2D eigenvalue weighted by molar-refractivity contribution is 7.88. The zero-order valence-electron chi connectivity index (χ0n) is 15.5. The second-order valence-corrected chi connectivity index (χ2v) is 9.08. The Hall–Kier alpha value is -1.96. The molecule has 1 amide bonds. The van der Waals surface area contributed by atoms with Gasteiger partial charge in [-0.1, -0.05) is 42.5 Å². The minimum atomic E-state index is -3.18. The first-order valence-electron chi connectivity index (χ1n) is 9.25. The van der Waals surface area contributed by atoms with E-state index in [1.54, 1.807) is 0 Å². The first-order valence-corrected chi connectivity index (χ1v) is 11.1. The molecule has 0 radical (unpaired) electrons. The Morgan fingerprint density at radius 3 is 2.56 bits per heavy atom. The minimum absolute atomic E-state index is 0.0618. The molecule has 2 aromatic rings. The van der Waals surface area contributed by atoms with Crippen LogP contribution in [0.2, 0.25) is 0 Å². The van der Waals surface area contributed by atoms with Gasteiger partial charge in [-0.15, -0.1) is 0 Å². The number of hydrogen-bond donors (Lipinski definition) is 2. The molecule has 1 aliphatic heterocycles. The fourth-order valence-corrected chi connectivity index (χ4v) is 4.50. The number of hydrogen-bond acceptors (Lipinski definition) is 4. The maximum Gasteiger partial charge on any atom is 0.223 e. The average Bonchev–Trinajstić information content (AvgIpc) is 2.66. The Morgan fingerprint density at radius 1 is 1.19 bits per heavy atom. The Morgan fingerprint density at radius 2 is 1.85 bits per heavy atom. The molecule has 0 aromatic heterocycles. The van der Waals surface area contributed by atoms with Gasteiger partial charge >= 0.3 is 0 Å². The summed E-state index contributed by atoms with van der Waals surface area (Å²) < 4.78 is 24.5. The lowest BCUT2D eigenvalue weighted by Gasteiger charge is -2.29. The van der Waals surface area contributed by atoms with Gasteiger partial charge in [0.05, 0.1) is 12.4 Å². The van der Waals surface area contributed by atoms with Crippen LogP contribution >= 0.6 is 0 Å². The molecular formula is C20H26N2O4S. The van der Waals surface area contributed by atoms with Crippen molar-refractivity contribution in [2.24, 2.45) is 5.92 Å². The lowest BCUT2D eigenvalue weighted by molar-refractivity contribution is -0.126. The van der Waals surface area contributed by atoms with E-state index in [0.717, 1.165) is 16.3 Å². The van der Waals surface area contributed by atoms with Gasteiger partial charge in [0.25, 0.3) is 0 Å². The summed E-state index contributed by atoms with van der Waals surface area (Å²) in [5, 5.41) is 15.5. The fraction of sp³-hybridized carbons (Fsp3) is 0.450. The van der Waals surface area contributed by atoms with E-state index in [1.165, 1.54) is 10.6 Å². The Labute approximate surface area is 160 Å². The van der Waals surface area contributed by atoms with Gasteiger partial charge in [-0.05, 0) is 35.6 Å². The van der Waals surface area contributed by atoms with Crippen LogP contribution in [0.3, 0.4) is 0 Å². The highest BCUT2D eigenvalue weighted by Gasteiger charge is 2.28. The monoisotopic (exact) mass is 390 g/mol. The van der Waals surface area contributed by atoms with Crippen molar-refractivity contribution in [2.45, 2.75) is 25.4 Å². The Balaban J connectivity index is 1.50. The fourth-order valence-electron chi connectivity index (χ4n) is 3.62. The molecule has 1 heterocycles. The molecule has 3 rings (SSSR count). The third kappa shape index (κ3) is 4.86. The number of piperidine rings is 1. The second kappa shape index (κ2) is 8.37. The zero-order valence-corrected chi connectivity index (χ0v) is 16.3. The minimum Gasteiger partial charge on any atom is -0.388 e. The van der Waals surface area contributed by atoms with Crippen LogP contribution in [-0.4, -0.2) is 49.6 Å². The molecular weight excluding hydrogens is 364 g/mol. The van der Waals surface area contributed by atoms with Gasteiger partial charge in [0.15, 0.2) is 0 Å². The van der Waals surface area contributed by atoms with Crippen molar-refractivity contribution in [3.05, 3.63) is 48.0 Å². The van der Waals surface area contributed by atoms with Crippen molar-refractivity contribution in [2.75, 3.05) is 25.9 Å². The van der Waals surface area contributed by atoms with Gasteiger partial charge in [0, 0.05) is 25.6 Å². The van der Waals surface area contributed by atoms with Crippen LogP contribution in [0.25, 0.3) is 10.8 Å². The summed E-state index contributed by atoms with van der Waals surface area (Å²) in [6, 6.07) is 13.8. The topological polar surface area (TPSA) is 86.7 Å². The number of nitrogens with one attached hydrogen (secondary N) is 1. The highest BCUT2D eigenvalue weighted by Crippen LogP contribution is 2.26. The van der Waals surface area contributed by atoms with Crippen molar-refractivity contribution < 1.29 is 18.3 Å². The molecule has 1 saturated heterocycles. The van der Waals surface area contributed by atoms with E-state index < -0.39 is 16.1 Å². The van der Waals surface area contributed by atoms with Crippen LogP contribution < -0.4 is 5.32 Å². The molecule has 1 fully saturated rings.